The Morgan fingerprint density at radius 1 is 1.05 bits per heavy atom. The van der Waals surface area contributed by atoms with E-state index in [4.69, 9.17) is 5.84 Å². The second-order valence-corrected chi connectivity index (χ2v) is 5.16. The average Bonchev–Trinajstić information content (AvgIpc) is 2.49. The lowest BCUT2D eigenvalue weighted by Gasteiger charge is -2.14. The zero-order valence-corrected chi connectivity index (χ0v) is 12.5. The Kier molecular flexibility index (Phi) is 5.35. The molecule has 4 heteroatoms. The molecule has 0 saturated heterocycles. The summed E-state index contributed by atoms with van der Waals surface area (Å²) in [6.07, 6.45) is 0.865. The fourth-order valence-electron chi connectivity index (χ4n) is 2.10. The van der Waals surface area contributed by atoms with Crippen LogP contribution in [-0.2, 0) is 6.42 Å². The Morgan fingerprint density at radius 2 is 1.71 bits per heavy atom. The van der Waals surface area contributed by atoms with Gasteiger partial charge in [-0.3, -0.25) is 5.43 Å². The first kappa shape index (κ1) is 15.1. The van der Waals surface area contributed by atoms with Crippen LogP contribution in [0.4, 0.5) is 5.69 Å². The molecular weight excluding hydrogens is 260 g/mol. The Hall–Kier alpha value is -2.33. The van der Waals surface area contributed by atoms with Crippen molar-refractivity contribution in [2.45, 2.75) is 26.3 Å². The quantitative estimate of drug-likeness (QED) is 0.350. The van der Waals surface area contributed by atoms with E-state index in [0.717, 1.165) is 12.1 Å². The zero-order valence-electron chi connectivity index (χ0n) is 12.5. The molecule has 0 aliphatic carbocycles. The number of anilines is 1. The van der Waals surface area contributed by atoms with Crippen LogP contribution < -0.4 is 16.6 Å². The fraction of sp³-hybridized carbons (Fsp3) is 0.235. The second-order valence-electron chi connectivity index (χ2n) is 5.16. The van der Waals surface area contributed by atoms with Crippen LogP contribution in [0.5, 0.6) is 0 Å². The van der Waals surface area contributed by atoms with E-state index in [2.05, 4.69) is 46.1 Å². The molecule has 0 radical (unpaired) electrons. The van der Waals surface area contributed by atoms with Gasteiger partial charge in [0, 0.05) is 11.7 Å². The third-order valence-corrected chi connectivity index (χ3v) is 3.03. The van der Waals surface area contributed by atoms with Gasteiger partial charge >= 0.3 is 0 Å². The van der Waals surface area contributed by atoms with Gasteiger partial charge in [-0.05, 0) is 37.5 Å². The van der Waals surface area contributed by atoms with E-state index in [0.29, 0.717) is 5.96 Å². The highest BCUT2D eigenvalue weighted by Crippen LogP contribution is 2.19. The molecule has 0 saturated carbocycles. The highest BCUT2D eigenvalue weighted by Gasteiger charge is 2.05. The summed E-state index contributed by atoms with van der Waals surface area (Å²) in [7, 11) is 0. The number of nitrogens with two attached hydrogens (primary N) is 1. The zero-order chi connectivity index (χ0) is 15.1. The van der Waals surface area contributed by atoms with Crippen molar-refractivity contribution in [3.05, 3.63) is 65.7 Å². The lowest BCUT2D eigenvalue weighted by molar-refractivity contribution is 0.818. The monoisotopic (exact) mass is 282 g/mol. The Labute approximate surface area is 126 Å². The number of benzene rings is 2. The van der Waals surface area contributed by atoms with Crippen molar-refractivity contribution in [1.82, 2.24) is 5.43 Å². The van der Waals surface area contributed by atoms with Crippen molar-refractivity contribution in [2.24, 2.45) is 10.8 Å². The summed E-state index contributed by atoms with van der Waals surface area (Å²) in [5, 5.41) is 3.26. The Morgan fingerprint density at radius 3 is 2.38 bits per heavy atom. The number of hydrogen-bond acceptors (Lipinski definition) is 2. The van der Waals surface area contributed by atoms with E-state index in [1.807, 2.05) is 38.1 Å². The molecule has 4 nitrogen and oxygen atoms in total. The molecule has 0 aliphatic heterocycles. The molecule has 4 N–H and O–H groups in total. The standard InChI is InChI=1S/C17H22N4/c1-13(2)19-17(21-18)20-16-11-7-6-10-15(16)12-14-8-4-3-5-9-14/h3-11,13H,12,18H2,1-2H3,(H2,19,20,21). The third-order valence-electron chi connectivity index (χ3n) is 3.03. The molecule has 0 unspecified atom stereocenters. The number of hydrogen-bond donors (Lipinski definition) is 3. The van der Waals surface area contributed by atoms with Crippen molar-refractivity contribution < 1.29 is 0 Å². The third kappa shape index (κ3) is 4.61. The molecule has 0 heterocycles. The van der Waals surface area contributed by atoms with E-state index in [-0.39, 0.29) is 6.04 Å². The van der Waals surface area contributed by atoms with Gasteiger partial charge < -0.3 is 5.32 Å². The van der Waals surface area contributed by atoms with Crippen LogP contribution in [0.1, 0.15) is 25.0 Å². The van der Waals surface area contributed by atoms with Crippen LogP contribution in [0.25, 0.3) is 0 Å². The molecule has 0 amide bonds. The van der Waals surface area contributed by atoms with Crippen molar-refractivity contribution >= 4 is 11.6 Å². The smallest absolute Gasteiger partial charge is 0.210 e. The summed E-state index contributed by atoms with van der Waals surface area (Å²) in [6.45, 7) is 4.02. The van der Waals surface area contributed by atoms with Gasteiger partial charge in [-0.25, -0.2) is 10.8 Å². The summed E-state index contributed by atoms with van der Waals surface area (Å²) in [5.74, 6) is 6.10. The average molecular weight is 282 g/mol. The number of rotatable bonds is 4. The first-order valence-electron chi connectivity index (χ1n) is 7.12. The molecule has 21 heavy (non-hydrogen) atoms. The van der Waals surface area contributed by atoms with Gasteiger partial charge in [-0.1, -0.05) is 48.5 Å². The van der Waals surface area contributed by atoms with E-state index in [1.54, 1.807) is 0 Å². The topological polar surface area (TPSA) is 62.4 Å². The molecule has 2 aromatic rings. The molecule has 0 aliphatic rings. The maximum atomic E-state index is 5.53. The number of nitrogens with one attached hydrogen (secondary N) is 2. The predicted molar refractivity (Wildman–Crippen MR) is 89.2 cm³/mol. The highest BCUT2D eigenvalue weighted by molar-refractivity contribution is 5.94. The number of nitrogens with zero attached hydrogens (tertiary/aromatic N) is 1. The maximum Gasteiger partial charge on any atom is 0.210 e. The molecule has 0 fully saturated rings. The molecular formula is C17H22N4. The summed E-state index contributed by atoms with van der Waals surface area (Å²) >= 11 is 0. The summed E-state index contributed by atoms with van der Waals surface area (Å²) in [4.78, 5) is 4.41. The highest BCUT2D eigenvalue weighted by atomic mass is 15.3. The molecule has 0 bridgehead atoms. The summed E-state index contributed by atoms with van der Waals surface area (Å²) in [5.41, 5.74) is 6.10. The molecule has 110 valence electrons. The number of guanidine groups is 1. The first-order valence-corrected chi connectivity index (χ1v) is 7.12. The minimum Gasteiger partial charge on any atom is -0.325 e. The van der Waals surface area contributed by atoms with Crippen LogP contribution in [0.3, 0.4) is 0 Å². The van der Waals surface area contributed by atoms with E-state index >= 15 is 0 Å². The molecule has 0 aromatic heterocycles. The largest absolute Gasteiger partial charge is 0.325 e. The van der Waals surface area contributed by atoms with E-state index in [1.165, 1.54) is 11.1 Å². The van der Waals surface area contributed by atoms with Gasteiger partial charge in [0.25, 0.3) is 0 Å². The van der Waals surface area contributed by atoms with E-state index in [9.17, 15) is 0 Å². The maximum absolute atomic E-state index is 5.53. The van der Waals surface area contributed by atoms with Gasteiger partial charge in [0.2, 0.25) is 5.96 Å². The van der Waals surface area contributed by atoms with Gasteiger partial charge in [0.05, 0.1) is 0 Å². The van der Waals surface area contributed by atoms with Crippen LogP contribution in [0.2, 0.25) is 0 Å². The molecule has 0 spiro atoms. The summed E-state index contributed by atoms with van der Waals surface area (Å²) < 4.78 is 0. The van der Waals surface area contributed by atoms with Crippen LogP contribution in [0.15, 0.2) is 59.6 Å². The Balaban J connectivity index is 2.21. The van der Waals surface area contributed by atoms with Gasteiger partial charge in [0.15, 0.2) is 0 Å². The van der Waals surface area contributed by atoms with Crippen molar-refractivity contribution in [3.63, 3.8) is 0 Å². The van der Waals surface area contributed by atoms with Crippen LogP contribution in [-0.4, -0.2) is 12.0 Å². The fourth-order valence-corrected chi connectivity index (χ4v) is 2.10. The first-order chi connectivity index (χ1) is 10.2. The molecule has 0 atom stereocenters. The lowest BCUT2D eigenvalue weighted by atomic mass is 10.0. The number of aliphatic imine (C=N–C) groups is 1. The van der Waals surface area contributed by atoms with E-state index < -0.39 is 0 Å². The van der Waals surface area contributed by atoms with Gasteiger partial charge in [-0.15, -0.1) is 0 Å². The normalized spacial score (nSPS) is 11.5. The van der Waals surface area contributed by atoms with Crippen LogP contribution >= 0.6 is 0 Å². The molecule has 2 aromatic carbocycles. The minimum absolute atomic E-state index is 0.171. The molecule has 2 rings (SSSR count). The lowest BCUT2D eigenvalue weighted by Crippen LogP contribution is -2.37. The van der Waals surface area contributed by atoms with Gasteiger partial charge in [0.1, 0.15) is 0 Å². The summed E-state index contributed by atoms with van der Waals surface area (Å²) in [6, 6.07) is 18.7. The van der Waals surface area contributed by atoms with Crippen molar-refractivity contribution in [2.75, 3.05) is 5.32 Å². The second kappa shape index (κ2) is 7.45. The van der Waals surface area contributed by atoms with Gasteiger partial charge in [-0.2, -0.15) is 0 Å². The number of para-hydroxylation sites is 1. The predicted octanol–water partition coefficient (Wildman–Crippen LogP) is 2.92. The number of hydrazine groups is 1. The van der Waals surface area contributed by atoms with Crippen LogP contribution in [0, 0.1) is 0 Å². The minimum atomic E-state index is 0.171. The van der Waals surface area contributed by atoms with Crippen molar-refractivity contribution in [1.29, 1.82) is 0 Å². The van der Waals surface area contributed by atoms with Crippen molar-refractivity contribution in [3.8, 4) is 0 Å². The SMILES string of the molecule is CC(C)N=C(NN)Nc1ccccc1Cc1ccccc1. The Bertz CT molecular complexity index is 591.